The van der Waals surface area contributed by atoms with E-state index >= 15 is 0 Å². The Kier molecular flexibility index (Phi) is 12.6. The molecule has 1 unspecified atom stereocenters. The minimum Gasteiger partial charge on any atom is -0.489 e. The van der Waals surface area contributed by atoms with Crippen LogP contribution in [0.25, 0.3) is 0 Å². The third kappa shape index (κ3) is 10.0. The van der Waals surface area contributed by atoms with Gasteiger partial charge in [-0.15, -0.1) is 11.8 Å². The van der Waals surface area contributed by atoms with Gasteiger partial charge in [0.2, 0.25) is 5.91 Å². The summed E-state index contributed by atoms with van der Waals surface area (Å²) in [7, 11) is -4.15. The lowest BCUT2D eigenvalue weighted by Crippen LogP contribution is -2.45. The molecule has 2 heterocycles. The van der Waals surface area contributed by atoms with E-state index in [1.54, 1.807) is 26.0 Å². The Labute approximate surface area is 272 Å². The fourth-order valence-electron chi connectivity index (χ4n) is 4.26. The average Bonchev–Trinajstić information content (AvgIpc) is 3.48. The van der Waals surface area contributed by atoms with E-state index in [9.17, 15) is 14.2 Å². The number of hydrogen-bond donors (Lipinski definition) is 1. The van der Waals surface area contributed by atoms with Crippen molar-refractivity contribution in [2.75, 3.05) is 12.4 Å². The molecule has 11 nitrogen and oxygen atoms in total. The topological polar surface area (TPSA) is 138 Å². The number of nitrogens with zero attached hydrogens (tertiary/aromatic N) is 2. The van der Waals surface area contributed by atoms with Crippen molar-refractivity contribution in [2.24, 2.45) is 10.1 Å². The van der Waals surface area contributed by atoms with Crippen LogP contribution in [-0.2, 0) is 36.2 Å². The fourth-order valence-corrected chi connectivity index (χ4v) is 6.39. The highest BCUT2D eigenvalue weighted by Gasteiger charge is 2.40. The normalized spacial score (nSPS) is 17.2. The molecule has 244 valence electrons. The van der Waals surface area contributed by atoms with Crippen LogP contribution in [0.3, 0.4) is 0 Å². The average molecular weight is 668 g/mol. The van der Waals surface area contributed by atoms with Crippen molar-refractivity contribution in [1.29, 1.82) is 0 Å². The lowest BCUT2D eigenvalue weighted by Gasteiger charge is -2.24. The van der Waals surface area contributed by atoms with Crippen molar-refractivity contribution >= 4 is 36.2 Å². The van der Waals surface area contributed by atoms with Crippen LogP contribution >= 0.6 is 19.6 Å². The third-order valence-corrected chi connectivity index (χ3v) is 9.27. The summed E-state index contributed by atoms with van der Waals surface area (Å²) in [6.45, 7) is 9.11. The molecule has 0 fully saturated rings. The van der Waals surface area contributed by atoms with Crippen LogP contribution in [0.4, 0.5) is 0 Å². The molecule has 0 saturated heterocycles. The summed E-state index contributed by atoms with van der Waals surface area (Å²) in [5, 5.41) is 7.48. The summed E-state index contributed by atoms with van der Waals surface area (Å²) in [5.41, 5.74) is 0.127. The van der Waals surface area contributed by atoms with Gasteiger partial charge in [0.25, 0.3) is 0 Å². The Balaban J connectivity index is 1.47. The quantitative estimate of drug-likeness (QED) is 0.0698. The summed E-state index contributed by atoms with van der Waals surface area (Å²) in [5.74, 6) is 0.575. The summed E-state index contributed by atoms with van der Waals surface area (Å²) in [6.07, 6.45) is 2.81. The number of benzene rings is 2. The lowest BCUT2D eigenvalue weighted by molar-refractivity contribution is -0.125. The highest BCUT2D eigenvalue weighted by molar-refractivity contribution is 8.16. The molecule has 1 aliphatic heterocycles. The second-order valence-corrected chi connectivity index (χ2v) is 13.2. The second kappa shape index (κ2) is 16.6. The van der Waals surface area contributed by atoms with Crippen molar-refractivity contribution in [1.82, 2.24) is 5.32 Å². The van der Waals surface area contributed by atoms with Gasteiger partial charge < -0.3 is 14.5 Å². The third-order valence-electron chi connectivity index (χ3n) is 6.74. The van der Waals surface area contributed by atoms with E-state index in [1.165, 1.54) is 17.8 Å². The first-order valence-electron chi connectivity index (χ1n) is 14.8. The van der Waals surface area contributed by atoms with Crippen LogP contribution in [0.15, 0.2) is 105 Å². The SMILES string of the molecule is C=CCOc1cc([C@@H](CCC)NC(=O)C2(C)CSC(/C(C)=N/OP(=O)(OCc3ccccc3)OCc3ccccc3)=N2)oc(=O)c1. The number of thioether (sulfide) groups is 1. The van der Waals surface area contributed by atoms with Crippen LogP contribution < -0.4 is 15.7 Å². The van der Waals surface area contributed by atoms with Crippen LogP contribution in [0.2, 0.25) is 0 Å². The number of rotatable bonds is 17. The fraction of sp³-hybridized carbons (Fsp3) is 0.333. The molecule has 0 spiro atoms. The first-order chi connectivity index (χ1) is 22.1. The summed E-state index contributed by atoms with van der Waals surface area (Å²) in [6, 6.07) is 20.7. The number of carbonyl (C=O) groups excluding carboxylic acids is 1. The first-order valence-corrected chi connectivity index (χ1v) is 17.2. The zero-order valence-electron chi connectivity index (χ0n) is 26.0. The molecule has 3 aromatic rings. The smallest absolute Gasteiger partial charge is 0.489 e. The van der Waals surface area contributed by atoms with Gasteiger partial charge in [0.05, 0.1) is 25.3 Å². The number of amides is 1. The minimum absolute atomic E-state index is 0.0161. The van der Waals surface area contributed by atoms with E-state index in [1.807, 2.05) is 67.6 Å². The molecule has 1 N–H and O–H groups in total. The number of aliphatic imine (C=N–C) groups is 1. The molecular weight excluding hydrogens is 629 g/mol. The molecule has 1 aromatic heterocycles. The maximum atomic E-state index is 13.6. The molecule has 0 saturated carbocycles. The van der Waals surface area contributed by atoms with E-state index in [-0.39, 0.29) is 31.5 Å². The number of hydrogen-bond acceptors (Lipinski definition) is 11. The molecule has 2 atom stereocenters. The largest absolute Gasteiger partial charge is 0.551 e. The predicted octanol–water partition coefficient (Wildman–Crippen LogP) is 7.00. The summed E-state index contributed by atoms with van der Waals surface area (Å²) < 4.78 is 41.2. The van der Waals surface area contributed by atoms with E-state index in [2.05, 4.69) is 22.0 Å². The zero-order valence-corrected chi connectivity index (χ0v) is 27.8. The highest BCUT2D eigenvalue weighted by Crippen LogP contribution is 2.51. The van der Waals surface area contributed by atoms with Gasteiger partial charge in [-0.3, -0.25) is 23.5 Å². The van der Waals surface area contributed by atoms with Gasteiger partial charge in [-0.25, -0.2) is 9.36 Å². The van der Waals surface area contributed by atoms with Crippen molar-refractivity contribution < 1.29 is 32.2 Å². The van der Waals surface area contributed by atoms with Crippen molar-refractivity contribution in [3.63, 3.8) is 0 Å². The Morgan fingerprint density at radius 2 is 1.76 bits per heavy atom. The maximum absolute atomic E-state index is 13.6. The van der Waals surface area contributed by atoms with Gasteiger partial charge in [0.15, 0.2) is 0 Å². The van der Waals surface area contributed by atoms with Crippen molar-refractivity contribution in [3.05, 3.63) is 113 Å². The van der Waals surface area contributed by atoms with Crippen LogP contribution in [0, 0.1) is 0 Å². The Bertz CT molecular complexity index is 1600. The number of ether oxygens (including phenoxy) is 1. The van der Waals surface area contributed by atoms with Gasteiger partial charge in [-0.2, -0.15) is 0 Å². The molecule has 0 aliphatic carbocycles. The summed E-state index contributed by atoms with van der Waals surface area (Å²) >= 11 is 1.31. The van der Waals surface area contributed by atoms with E-state index in [0.29, 0.717) is 35.1 Å². The number of nitrogens with one attached hydrogen (secondary N) is 1. The molecule has 46 heavy (non-hydrogen) atoms. The standard InChI is InChI=1S/C33H38N3O8PS/c1-5-13-28(29-19-27(40-18-6-2)20-30(37)43-29)34-32(38)33(4)23-46-31(35-33)24(3)36-44-45(39,41-21-25-14-9-7-10-15-25)42-22-26-16-11-8-12-17-26/h6-12,14-17,19-20,28H,2,5,13,18,21-23H2,1,3-4H3,(H,34,38)/b36-24+/t28-,33?/m1/s1. The highest BCUT2D eigenvalue weighted by atomic mass is 32.2. The monoisotopic (exact) mass is 667 g/mol. The molecule has 1 aliphatic rings. The Morgan fingerprint density at radius 1 is 1.13 bits per heavy atom. The van der Waals surface area contributed by atoms with Gasteiger partial charge >= 0.3 is 13.4 Å². The molecule has 1 amide bonds. The van der Waals surface area contributed by atoms with Gasteiger partial charge in [-0.1, -0.05) is 91.8 Å². The zero-order chi connectivity index (χ0) is 33.0. The van der Waals surface area contributed by atoms with Gasteiger partial charge in [0, 0.05) is 11.8 Å². The Morgan fingerprint density at radius 3 is 2.35 bits per heavy atom. The van der Waals surface area contributed by atoms with Crippen molar-refractivity contribution in [2.45, 2.75) is 58.4 Å². The molecule has 0 radical (unpaired) electrons. The van der Waals surface area contributed by atoms with Gasteiger partial charge in [-0.05, 0) is 31.4 Å². The van der Waals surface area contributed by atoms with Crippen LogP contribution in [0.5, 0.6) is 5.75 Å². The van der Waals surface area contributed by atoms with Crippen molar-refractivity contribution in [3.8, 4) is 5.75 Å². The van der Waals surface area contributed by atoms with E-state index in [0.717, 1.165) is 11.1 Å². The number of carbonyl (C=O) groups is 1. The Hall–Kier alpha value is -3.96. The molecular formula is C33H38N3O8PS. The van der Waals surface area contributed by atoms with Crippen LogP contribution in [0.1, 0.15) is 56.5 Å². The second-order valence-electron chi connectivity index (χ2n) is 10.6. The minimum atomic E-state index is -4.15. The molecule has 2 aromatic carbocycles. The molecule has 13 heteroatoms. The summed E-state index contributed by atoms with van der Waals surface area (Å²) in [4.78, 5) is 30.4. The van der Waals surface area contributed by atoms with Gasteiger partial charge in [0.1, 0.15) is 34.4 Å². The van der Waals surface area contributed by atoms with E-state index < -0.39 is 25.0 Å². The van der Waals surface area contributed by atoms with E-state index in [4.69, 9.17) is 22.8 Å². The molecule has 4 rings (SSSR count). The predicted molar refractivity (Wildman–Crippen MR) is 179 cm³/mol. The number of oxime groups is 1. The molecule has 0 bridgehead atoms. The first kappa shape index (κ1) is 34.9. The number of phosphoric ester groups is 1. The maximum Gasteiger partial charge on any atom is 0.551 e. The number of phosphoric acid groups is 1. The van der Waals surface area contributed by atoms with Crippen LogP contribution in [-0.4, -0.2) is 34.6 Å². The lowest BCUT2D eigenvalue weighted by atomic mass is 10.0.